The summed E-state index contributed by atoms with van der Waals surface area (Å²) in [4.78, 5) is 29.0. The number of carbonyl (C=O) groups excluding carboxylic acids is 1. The van der Waals surface area contributed by atoms with Gasteiger partial charge in [-0.3, -0.25) is 23.3 Å². The standard InChI is InChI=1S/C16H17BrClN3O3.H2O4S/c17-11-6-13-10(5-12(11)18)16(24)21(8-20-13)7-9(22)4-14-15(23)2-1-3-19-14;1-5(2,3)4/h5-6,8,14-15,19,23H,1-4,7H2;(H2,1,2,3,4)/t14-,15+;/m1./s1. The van der Waals surface area contributed by atoms with E-state index in [0.717, 1.165) is 13.0 Å². The Hall–Kier alpha value is -1.41. The molecular formula is C16H19BrClN3O7S. The molecule has 0 bridgehead atoms. The van der Waals surface area contributed by atoms with E-state index < -0.39 is 16.5 Å². The number of benzene rings is 1. The van der Waals surface area contributed by atoms with Gasteiger partial charge >= 0.3 is 10.4 Å². The number of nitrogens with one attached hydrogen (secondary N) is 1. The summed E-state index contributed by atoms with van der Waals surface area (Å²) >= 11 is 9.33. The Morgan fingerprint density at radius 1 is 1.38 bits per heavy atom. The Labute approximate surface area is 179 Å². The first-order valence-corrected chi connectivity index (χ1v) is 11.0. The highest BCUT2D eigenvalue weighted by atomic mass is 79.9. The van der Waals surface area contributed by atoms with Crippen molar-refractivity contribution in [3.05, 3.63) is 38.3 Å². The highest BCUT2D eigenvalue weighted by Gasteiger charge is 2.25. The van der Waals surface area contributed by atoms with Gasteiger partial charge in [-0.15, -0.1) is 0 Å². The molecule has 0 amide bonds. The maximum absolute atomic E-state index is 12.5. The van der Waals surface area contributed by atoms with Crippen molar-refractivity contribution in [2.75, 3.05) is 6.54 Å². The smallest absolute Gasteiger partial charge is 0.391 e. The molecule has 160 valence electrons. The third-order valence-corrected chi connectivity index (χ3v) is 5.41. The largest absolute Gasteiger partial charge is 0.394 e. The fraction of sp³-hybridized carbons (Fsp3) is 0.438. The van der Waals surface area contributed by atoms with Crippen LogP contribution < -0.4 is 10.9 Å². The summed E-state index contributed by atoms with van der Waals surface area (Å²) < 4.78 is 33.5. The molecule has 0 aliphatic carbocycles. The van der Waals surface area contributed by atoms with Gasteiger partial charge in [-0.05, 0) is 47.4 Å². The van der Waals surface area contributed by atoms with Crippen molar-refractivity contribution in [2.24, 2.45) is 0 Å². The Morgan fingerprint density at radius 3 is 2.66 bits per heavy atom. The maximum Gasteiger partial charge on any atom is 0.394 e. The minimum atomic E-state index is -4.67. The third kappa shape index (κ3) is 7.41. The zero-order valence-electron chi connectivity index (χ0n) is 15.0. The van der Waals surface area contributed by atoms with Crippen LogP contribution in [0.2, 0.25) is 5.02 Å². The Kier molecular flexibility index (Phi) is 8.28. The molecule has 29 heavy (non-hydrogen) atoms. The number of rotatable bonds is 4. The number of piperidine rings is 1. The molecule has 1 aliphatic rings. The lowest BCUT2D eigenvalue weighted by atomic mass is 9.97. The average molecular weight is 513 g/mol. The van der Waals surface area contributed by atoms with Gasteiger partial charge in [0.05, 0.1) is 34.9 Å². The maximum atomic E-state index is 12.5. The number of halogens is 2. The third-order valence-electron chi connectivity index (χ3n) is 4.21. The molecular weight excluding hydrogens is 494 g/mol. The number of carbonyl (C=O) groups is 1. The molecule has 1 aromatic heterocycles. The molecule has 0 radical (unpaired) electrons. The molecule has 0 spiro atoms. The fourth-order valence-electron chi connectivity index (χ4n) is 2.91. The molecule has 1 saturated heterocycles. The van der Waals surface area contributed by atoms with Crippen molar-refractivity contribution in [3.63, 3.8) is 0 Å². The number of nitrogens with zero attached hydrogens (tertiary/aromatic N) is 2. The summed E-state index contributed by atoms with van der Waals surface area (Å²) in [5, 5.41) is 13.9. The molecule has 1 aliphatic heterocycles. The van der Waals surface area contributed by atoms with Gasteiger partial charge in [-0.2, -0.15) is 8.42 Å². The molecule has 0 unspecified atom stereocenters. The number of aliphatic hydroxyl groups is 1. The van der Waals surface area contributed by atoms with Gasteiger partial charge in [-0.1, -0.05) is 11.6 Å². The Bertz CT molecular complexity index is 1050. The lowest BCUT2D eigenvalue weighted by Crippen LogP contribution is -2.46. The first kappa shape index (κ1) is 23.9. The first-order chi connectivity index (χ1) is 13.5. The molecule has 2 atom stereocenters. The number of hydrogen-bond acceptors (Lipinski definition) is 7. The van der Waals surface area contributed by atoms with Crippen LogP contribution in [0, 0.1) is 0 Å². The van der Waals surface area contributed by atoms with E-state index in [2.05, 4.69) is 26.2 Å². The summed E-state index contributed by atoms with van der Waals surface area (Å²) in [7, 11) is -4.67. The summed E-state index contributed by atoms with van der Waals surface area (Å²) in [6.45, 7) is 0.722. The summed E-state index contributed by atoms with van der Waals surface area (Å²) in [5.41, 5.74) is 0.212. The van der Waals surface area contributed by atoms with Crippen LogP contribution in [-0.4, -0.2) is 56.7 Å². The summed E-state index contributed by atoms with van der Waals surface area (Å²) in [6.07, 6.45) is 2.62. The normalized spacial score (nSPS) is 19.5. The number of fused-ring (bicyclic) bond motifs is 1. The number of aliphatic hydroxyl groups excluding tert-OH is 1. The number of hydrogen-bond donors (Lipinski definition) is 4. The molecule has 2 aromatic rings. The minimum absolute atomic E-state index is 0.0691. The molecule has 1 aromatic carbocycles. The van der Waals surface area contributed by atoms with Crippen LogP contribution in [0.5, 0.6) is 0 Å². The first-order valence-electron chi connectivity index (χ1n) is 8.43. The average Bonchev–Trinajstić information content (AvgIpc) is 2.60. The van der Waals surface area contributed by atoms with E-state index in [1.807, 2.05) is 0 Å². The number of ketones is 1. The summed E-state index contributed by atoms with van der Waals surface area (Å²) in [6, 6.07) is 2.97. The molecule has 2 heterocycles. The molecule has 0 saturated carbocycles. The van der Waals surface area contributed by atoms with Gasteiger partial charge in [-0.25, -0.2) is 4.98 Å². The molecule has 10 nitrogen and oxygen atoms in total. The second kappa shape index (κ2) is 10.1. The van der Waals surface area contributed by atoms with Crippen molar-refractivity contribution < 1.29 is 27.4 Å². The highest BCUT2D eigenvalue weighted by molar-refractivity contribution is 9.10. The van der Waals surface area contributed by atoms with E-state index in [4.69, 9.17) is 29.1 Å². The predicted molar refractivity (Wildman–Crippen MR) is 110 cm³/mol. The topological polar surface area (TPSA) is 159 Å². The van der Waals surface area contributed by atoms with Gasteiger partial charge in [0.2, 0.25) is 0 Å². The number of aromatic nitrogens is 2. The second-order valence-electron chi connectivity index (χ2n) is 6.42. The number of Topliss-reactive ketones (excluding diaryl/α,β-unsaturated/α-hetero) is 1. The van der Waals surface area contributed by atoms with E-state index >= 15 is 0 Å². The van der Waals surface area contributed by atoms with Crippen molar-refractivity contribution in [2.45, 2.75) is 38.0 Å². The van der Waals surface area contributed by atoms with E-state index in [9.17, 15) is 14.7 Å². The van der Waals surface area contributed by atoms with Crippen LogP contribution in [0.4, 0.5) is 0 Å². The van der Waals surface area contributed by atoms with Crippen LogP contribution in [-0.2, 0) is 21.7 Å². The van der Waals surface area contributed by atoms with E-state index in [1.165, 1.54) is 10.9 Å². The van der Waals surface area contributed by atoms with Gasteiger partial charge in [0.25, 0.3) is 5.56 Å². The van der Waals surface area contributed by atoms with Gasteiger partial charge < -0.3 is 10.4 Å². The SMILES string of the molecule is O=C(C[C@H]1NCCC[C@@H]1O)Cn1cnc2cc(Br)c(Cl)cc2c1=O.O=S(=O)(O)O. The van der Waals surface area contributed by atoms with Gasteiger partial charge in [0.1, 0.15) is 0 Å². The fourth-order valence-corrected chi connectivity index (χ4v) is 3.40. The van der Waals surface area contributed by atoms with Crippen LogP contribution >= 0.6 is 27.5 Å². The van der Waals surface area contributed by atoms with E-state index in [-0.39, 0.29) is 30.3 Å². The minimum Gasteiger partial charge on any atom is -0.391 e. The quantitative estimate of drug-likeness (QED) is 0.442. The molecule has 4 N–H and O–H groups in total. The molecule has 1 fully saturated rings. The van der Waals surface area contributed by atoms with E-state index in [1.54, 1.807) is 12.1 Å². The van der Waals surface area contributed by atoms with Crippen molar-refractivity contribution >= 4 is 54.6 Å². The second-order valence-corrected chi connectivity index (χ2v) is 8.58. The Balaban J connectivity index is 0.000000537. The van der Waals surface area contributed by atoms with Crippen LogP contribution in [0.3, 0.4) is 0 Å². The van der Waals surface area contributed by atoms with Crippen molar-refractivity contribution in [3.8, 4) is 0 Å². The zero-order valence-corrected chi connectivity index (χ0v) is 18.1. The van der Waals surface area contributed by atoms with Crippen molar-refractivity contribution in [1.82, 2.24) is 14.9 Å². The predicted octanol–water partition coefficient (Wildman–Crippen LogP) is 1.23. The lowest BCUT2D eigenvalue weighted by Gasteiger charge is -2.28. The van der Waals surface area contributed by atoms with Crippen LogP contribution in [0.1, 0.15) is 19.3 Å². The van der Waals surface area contributed by atoms with Crippen LogP contribution in [0.15, 0.2) is 27.7 Å². The van der Waals surface area contributed by atoms with E-state index in [0.29, 0.717) is 26.8 Å². The Morgan fingerprint density at radius 2 is 2.03 bits per heavy atom. The van der Waals surface area contributed by atoms with Gasteiger partial charge in [0, 0.05) is 16.9 Å². The lowest BCUT2D eigenvalue weighted by molar-refractivity contribution is -0.121. The molecule has 3 rings (SSSR count). The van der Waals surface area contributed by atoms with Crippen molar-refractivity contribution in [1.29, 1.82) is 0 Å². The van der Waals surface area contributed by atoms with Gasteiger partial charge in [0.15, 0.2) is 5.78 Å². The monoisotopic (exact) mass is 511 g/mol. The van der Waals surface area contributed by atoms with Crippen LogP contribution in [0.25, 0.3) is 10.9 Å². The zero-order chi connectivity index (χ0) is 21.8. The highest BCUT2D eigenvalue weighted by Crippen LogP contribution is 2.25. The molecule has 13 heteroatoms. The summed E-state index contributed by atoms with van der Waals surface area (Å²) in [5.74, 6) is -0.125.